The molecule has 0 aliphatic heterocycles. The maximum atomic E-state index is 10.6. The van der Waals surface area contributed by atoms with Crippen LogP contribution in [0, 0.1) is 10.1 Å². The summed E-state index contributed by atoms with van der Waals surface area (Å²) in [5.74, 6) is 0.822. The molecule has 0 heterocycles. The molecule has 0 amide bonds. The Labute approximate surface area is 128 Å². The molecule has 0 unspecified atom stereocenters. The van der Waals surface area contributed by atoms with Crippen LogP contribution in [0.25, 0.3) is 0 Å². The van der Waals surface area contributed by atoms with Crippen molar-refractivity contribution in [2.24, 2.45) is 5.10 Å². The predicted molar refractivity (Wildman–Crippen MR) is 86.5 cm³/mol. The zero-order chi connectivity index (χ0) is 15.9. The van der Waals surface area contributed by atoms with Crippen LogP contribution >= 0.6 is 0 Å². The van der Waals surface area contributed by atoms with E-state index in [1.165, 1.54) is 12.1 Å². The van der Waals surface area contributed by atoms with Gasteiger partial charge in [0.15, 0.2) is 0 Å². The Morgan fingerprint density at radius 1 is 1.18 bits per heavy atom. The first kappa shape index (κ1) is 15.5. The molecule has 114 valence electrons. The number of nitro benzene ring substituents is 1. The van der Waals surface area contributed by atoms with Crippen molar-refractivity contribution in [3.8, 4) is 5.75 Å². The van der Waals surface area contributed by atoms with Crippen LogP contribution in [0.2, 0.25) is 0 Å². The minimum Gasteiger partial charge on any atom is -0.497 e. The number of methoxy groups -OCH3 is 1. The van der Waals surface area contributed by atoms with Gasteiger partial charge in [-0.1, -0.05) is 12.1 Å². The lowest BCUT2D eigenvalue weighted by Crippen LogP contribution is -2.02. The van der Waals surface area contributed by atoms with E-state index in [9.17, 15) is 10.1 Å². The summed E-state index contributed by atoms with van der Waals surface area (Å²) in [6.07, 6.45) is 0.712. The van der Waals surface area contributed by atoms with Gasteiger partial charge in [0.1, 0.15) is 5.75 Å². The second kappa shape index (κ2) is 7.21. The summed E-state index contributed by atoms with van der Waals surface area (Å²) < 4.78 is 5.12. The number of nitrogens with one attached hydrogen (secondary N) is 1. The van der Waals surface area contributed by atoms with E-state index < -0.39 is 4.92 Å². The van der Waals surface area contributed by atoms with Gasteiger partial charge in [-0.05, 0) is 36.8 Å². The standard InChI is InChI=1S/C16H17N3O3/c1-12(11-13-3-9-16(22-2)10-4-13)17-18-14-5-7-15(8-6-14)19(20)21/h3-10,18H,11H2,1-2H3/b17-12+. The molecule has 1 N–H and O–H groups in total. The third-order valence-corrected chi connectivity index (χ3v) is 3.07. The molecular weight excluding hydrogens is 282 g/mol. The maximum Gasteiger partial charge on any atom is 0.269 e. The minimum atomic E-state index is -0.429. The monoisotopic (exact) mass is 299 g/mol. The first-order valence-electron chi connectivity index (χ1n) is 6.75. The lowest BCUT2D eigenvalue weighted by atomic mass is 10.1. The number of anilines is 1. The summed E-state index contributed by atoms with van der Waals surface area (Å²) in [5.41, 5.74) is 5.70. The molecule has 6 nitrogen and oxygen atoms in total. The Kier molecular flexibility index (Phi) is 5.08. The van der Waals surface area contributed by atoms with Crippen LogP contribution in [-0.4, -0.2) is 17.7 Å². The predicted octanol–water partition coefficient (Wildman–Crippen LogP) is 3.63. The molecule has 0 saturated heterocycles. The topological polar surface area (TPSA) is 76.8 Å². The lowest BCUT2D eigenvalue weighted by molar-refractivity contribution is -0.384. The van der Waals surface area contributed by atoms with Gasteiger partial charge >= 0.3 is 0 Å². The van der Waals surface area contributed by atoms with Crippen molar-refractivity contribution in [1.29, 1.82) is 0 Å². The molecule has 0 aromatic heterocycles. The molecule has 2 rings (SSSR count). The van der Waals surface area contributed by atoms with E-state index in [1.807, 2.05) is 31.2 Å². The van der Waals surface area contributed by atoms with Crippen LogP contribution in [0.15, 0.2) is 53.6 Å². The van der Waals surface area contributed by atoms with Gasteiger partial charge in [0.25, 0.3) is 5.69 Å². The molecule has 0 spiro atoms. The quantitative estimate of drug-likeness (QED) is 0.502. The van der Waals surface area contributed by atoms with Gasteiger partial charge in [0.05, 0.1) is 17.7 Å². The second-order valence-electron chi connectivity index (χ2n) is 4.79. The molecule has 0 radical (unpaired) electrons. The van der Waals surface area contributed by atoms with Crippen molar-refractivity contribution in [2.45, 2.75) is 13.3 Å². The summed E-state index contributed by atoms with van der Waals surface area (Å²) in [6, 6.07) is 13.9. The van der Waals surface area contributed by atoms with Gasteiger partial charge in [0.2, 0.25) is 0 Å². The fraction of sp³-hybridized carbons (Fsp3) is 0.188. The normalized spacial score (nSPS) is 11.1. The van der Waals surface area contributed by atoms with Crippen LogP contribution < -0.4 is 10.2 Å². The van der Waals surface area contributed by atoms with Crippen LogP contribution in [-0.2, 0) is 6.42 Å². The number of benzene rings is 2. The highest BCUT2D eigenvalue weighted by Gasteiger charge is 2.03. The minimum absolute atomic E-state index is 0.0597. The van der Waals surface area contributed by atoms with Crippen molar-refractivity contribution in [3.63, 3.8) is 0 Å². The number of hydrogen-bond acceptors (Lipinski definition) is 5. The summed E-state index contributed by atoms with van der Waals surface area (Å²) >= 11 is 0. The molecular formula is C16H17N3O3. The third kappa shape index (κ3) is 4.31. The molecule has 6 heteroatoms. The van der Waals surface area contributed by atoms with E-state index in [-0.39, 0.29) is 5.69 Å². The van der Waals surface area contributed by atoms with Crippen LogP contribution in [0.1, 0.15) is 12.5 Å². The van der Waals surface area contributed by atoms with E-state index >= 15 is 0 Å². The van der Waals surface area contributed by atoms with Gasteiger partial charge in [-0.25, -0.2) is 0 Å². The first-order chi connectivity index (χ1) is 10.6. The van der Waals surface area contributed by atoms with E-state index in [0.29, 0.717) is 12.1 Å². The second-order valence-corrected chi connectivity index (χ2v) is 4.79. The molecule has 0 saturated carbocycles. The summed E-state index contributed by atoms with van der Waals surface area (Å²) in [7, 11) is 1.63. The average Bonchev–Trinajstić information content (AvgIpc) is 2.54. The Balaban J connectivity index is 1.95. The molecule has 0 aliphatic carbocycles. The lowest BCUT2D eigenvalue weighted by Gasteiger charge is -2.05. The molecule has 0 fully saturated rings. The third-order valence-electron chi connectivity index (χ3n) is 3.07. The number of ether oxygens (including phenoxy) is 1. The van der Waals surface area contributed by atoms with Crippen LogP contribution in [0.5, 0.6) is 5.75 Å². The van der Waals surface area contributed by atoms with Gasteiger partial charge in [0, 0.05) is 24.3 Å². The average molecular weight is 299 g/mol. The molecule has 0 bridgehead atoms. The molecule has 22 heavy (non-hydrogen) atoms. The highest BCUT2D eigenvalue weighted by Crippen LogP contribution is 2.16. The van der Waals surface area contributed by atoms with Crippen molar-refractivity contribution in [2.75, 3.05) is 12.5 Å². The summed E-state index contributed by atoms with van der Waals surface area (Å²) in [4.78, 5) is 10.1. The Morgan fingerprint density at radius 3 is 2.36 bits per heavy atom. The van der Waals surface area contributed by atoms with Crippen LogP contribution in [0.3, 0.4) is 0 Å². The van der Waals surface area contributed by atoms with Gasteiger partial charge in [-0.3, -0.25) is 15.5 Å². The van der Waals surface area contributed by atoms with E-state index in [2.05, 4.69) is 10.5 Å². The molecule has 0 atom stereocenters. The number of nitro groups is 1. The maximum absolute atomic E-state index is 10.6. The highest BCUT2D eigenvalue weighted by atomic mass is 16.6. The number of rotatable bonds is 6. The highest BCUT2D eigenvalue weighted by molar-refractivity contribution is 5.84. The SMILES string of the molecule is COc1ccc(C/C(C)=N/Nc2ccc([N+](=O)[O-])cc2)cc1. The van der Waals surface area contributed by atoms with Crippen molar-refractivity contribution in [3.05, 3.63) is 64.2 Å². The van der Waals surface area contributed by atoms with Crippen molar-refractivity contribution >= 4 is 17.1 Å². The Hall–Kier alpha value is -2.89. The van der Waals surface area contributed by atoms with Gasteiger partial charge in [-0.15, -0.1) is 0 Å². The van der Waals surface area contributed by atoms with E-state index in [4.69, 9.17) is 4.74 Å². The largest absolute Gasteiger partial charge is 0.497 e. The molecule has 0 aliphatic rings. The molecule has 2 aromatic rings. The van der Waals surface area contributed by atoms with E-state index in [0.717, 1.165) is 17.0 Å². The fourth-order valence-corrected chi connectivity index (χ4v) is 1.90. The number of hydrogen-bond donors (Lipinski definition) is 1. The van der Waals surface area contributed by atoms with Gasteiger partial charge < -0.3 is 4.74 Å². The Morgan fingerprint density at radius 2 is 1.82 bits per heavy atom. The zero-order valence-corrected chi connectivity index (χ0v) is 12.4. The van der Waals surface area contributed by atoms with Crippen molar-refractivity contribution in [1.82, 2.24) is 0 Å². The van der Waals surface area contributed by atoms with E-state index in [1.54, 1.807) is 19.2 Å². The van der Waals surface area contributed by atoms with Crippen LogP contribution in [0.4, 0.5) is 11.4 Å². The molecule has 2 aromatic carbocycles. The number of hydrazone groups is 1. The Bertz CT molecular complexity index is 664. The smallest absolute Gasteiger partial charge is 0.269 e. The number of non-ortho nitro benzene ring substituents is 1. The summed E-state index contributed by atoms with van der Waals surface area (Å²) in [5, 5.41) is 14.8. The number of nitrogens with zero attached hydrogens (tertiary/aromatic N) is 2. The first-order valence-corrected chi connectivity index (χ1v) is 6.75. The summed E-state index contributed by atoms with van der Waals surface area (Å²) in [6.45, 7) is 1.92. The zero-order valence-electron chi connectivity index (χ0n) is 12.4. The van der Waals surface area contributed by atoms with Crippen molar-refractivity contribution < 1.29 is 9.66 Å². The fourth-order valence-electron chi connectivity index (χ4n) is 1.90. The van der Waals surface area contributed by atoms with Gasteiger partial charge in [-0.2, -0.15) is 5.10 Å².